The minimum absolute atomic E-state index is 0.0836. The molecule has 0 bridgehead atoms. The highest BCUT2D eigenvalue weighted by molar-refractivity contribution is 5.85. The molecule has 0 heterocycles. The summed E-state index contributed by atoms with van der Waals surface area (Å²) in [6, 6.07) is 23.2. The minimum atomic E-state index is 0.0836. The molecule has 0 fully saturated rings. The Labute approximate surface area is 187 Å². The van der Waals surface area contributed by atoms with E-state index in [9.17, 15) is 15.3 Å². The van der Waals surface area contributed by atoms with Crippen LogP contribution in [0.1, 0.15) is 16.7 Å². The number of benzene rings is 4. The van der Waals surface area contributed by atoms with Gasteiger partial charge in [-0.1, -0.05) is 24.3 Å². The standard InChI is InChI=1S/C27H25NO4/c1-17-8-11-21(25(30)14-17)28(22-12-9-18(2)15-26(22)31)23-6-4-5-7-27(23)32-20-10-13-24(29)19(3)16-20/h4-16,29-31H,1-3H3. The fraction of sp³-hybridized carbons (Fsp3) is 0.111. The molecule has 3 N–H and O–H groups in total. The van der Waals surface area contributed by atoms with E-state index >= 15 is 0 Å². The zero-order valence-corrected chi connectivity index (χ0v) is 18.2. The molecule has 0 aliphatic carbocycles. The van der Waals surface area contributed by atoms with E-state index in [-0.39, 0.29) is 17.2 Å². The van der Waals surface area contributed by atoms with E-state index in [2.05, 4.69) is 0 Å². The van der Waals surface area contributed by atoms with Crippen LogP contribution in [0.15, 0.2) is 78.9 Å². The number of hydrogen-bond donors (Lipinski definition) is 3. The zero-order valence-electron chi connectivity index (χ0n) is 18.2. The molecule has 4 aromatic carbocycles. The van der Waals surface area contributed by atoms with E-state index in [1.165, 1.54) is 0 Å². The summed E-state index contributed by atoms with van der Waals surface area (Å²) in [6.07, 6.45) is 0. The monoisotopic (exact) mass is 427 g/mol. The molecule has 0 saturated heterocycles. The van der Waals surface area contributed by atoms with E-state index in [1.807, 2.05) is 62.4 Å². The van der Waals surface area contributed by atoms with Crippen molar-refractivity contribution in [1.82, 2.24) is 0 Å². The summed E-state index contributed by atoms with van der Waals surface area (Å²) in [5.41, 5.74) is 4.19. The van der Waals surface area contributed by atoms with Crippen LogP contribution in [0.2, 0.25) is 0 Å². The molecule has 32 heavy (non-hydrogen) atoms. The van der Waals surface area contributed by atoms with Gasteiger partial charge in [-0.3, -0.25) is 4.90 Å². The lowest BCUT2D eigenvalue weighted by Crippen LogP contribution is -2.11. The lowest BCUT2D eigenvalue weighted by Gasteiger charge is -2.28. The summed E-state index contributed by atoms with van der Waals surface area (Å²) in [7, 11) is 0. The maximum atomic E-state index is 10.8. The number of aryl methyl sites for hydroxylation is 3. The third-order valence-electron chi connectivity index (χ3n) is 5.25. The molecule has 0 unspecified atom stereocenters. The van der Waals surface area contributed by atoms with Crippen molar-refractivity contribution in [2.24, 2.45) is 0 Å². The van der Waals surface area contributed by atoms with Gasteiger partial charge in [-0.2, -0.15) is 0 Å². The largest absolute Gasteiger partial charge is 0.508 e. The van der Waals surface area contributed by atoms with Crippen molar-refractivity contribution in [3.05, 3.63) is 95.6 Å². The van der Waals surface area contributed by atoms with E-state index < -0.39 is 0 Å². The molecule has 0 amide bonds. The molecule has 0 saturated carbocycles. The number of ether oxygens (including phenoxy) is 1. The average molecular weight is 428 g/mol. The molecule has 162 valence electrons. The van der Waals surface area contributed by atoms with Gasteiger partial charge in [0.25, 0.3) is 0 Å². The molecular weight excluding hydrogens is 402 g/mol. The molecule has 0 spiro atoms. The number of anilines is 3. The Morgan fingerprint density at radius 3 is 1.75 bits per heavy atom. The van der Waals surface area contributed by atoms with Gasteiger partial charge >= 0.3 is 0 Å². The van der Waals surface area contributed by atoms with Crippen molar-refractivity contribution in [1.29, 1.82) is 0 Å². The number of phenolic OH excluding ortho intramolecular Hbond substituents is 3. The Hall–Kier alpha value is -4.12. The van der Waals surface area contributed by atoms with Crippen molar-refractivity contribution in [3.63, 3.8) is 0 Å². The maximum absolute atomic E-state index is 10.8. The Balaban J connectivity index is 1.89. The van der Waals surface area contributed by atoms with Crippen LogP contribution in [-0.2, 0) is 0 Å². The van der Waals surface area contributed by atoms with Crippen molar-refractivity contribution >= 4 is 17.1 Å². The SMILES string of the molecule is Cc1ccc(N(c2ccc(C)cc2O)c2ccccc2Oc2ccc(O)c(C)c2)c(O)c1. The number of nitrogens with zero attached hydrogens (tertiary/aromatic N) is 1. The molecule has 5 heteroatoms. The third-order valence-corrected chi connectivity index (χ3v) is 5.25. The summed E-state index contributed by atoms with van der Waals surface area (Å²) in [6.45, 7) is 5.61. The van der Waals surface area contributed by atoms with E-state index in [0.717, 1.165) is 11.1 Å². The van der Waals surface area contributed by atoms with Crippen LogP contribution in [-0.4, -0.2) is 15.3 Å². The predicted octanol–water partition coefficient (Wildman–Crippen LogP) is 6.99. The van der Waals surface area contributed by atoms with Crippen molar-refractivity contribution in [3.8, 4) is 28.7 Å². The Bertz CT molecular complexity index is 1230. The minimum Gasteiger partial charge on any atom is -0.508 e. The first-order valence-electron chi connectivity index (χ1n) is 10.3. The highest BCUT2D eigenvalue weighted by atomic mass is 16.5. The maximum Gasteiger partial charge on any atom is 0.151 e. The lowest BCUT2D eigenvalue weighted by molar-refractivity contribution is 0.460. The normalized spacial score (nSPS) is 10.7. The highest BCUT2D eigenvalue weighted by Crippen LogP contribution is 2.47. The number of para-hydroxylation sites is 2. The van der Waals surface area contributed by atoms with E-state index in [4.69, 9.17) is 4.74 Å². The predicted molar refractivity (Wildman–Crippen MR) is 127 cm³/mol. The molecule has 0 aliphatic rings. The van der Waals surface area contributed by atoms with Crippen LogP contribution in [0, 0.1) is 20.8 Å². The second-order valence-electron chi connectivity index (χ2n) is 7.84. The van der Waals surface area contributed by atoms with Crippen LogP contribution >= 0.6 is 0 Å². The van der Waals surface area contributed by atoms with Gasteiger partial charge in [-0.25, -0.2) is 0 Å². The van der Waals surface area contributed by atoms with Crippen molar-refractivity contribution in [2.45, 2.75) is 20.8 Å². The van der Waals surface area contributed by atoms with Crippen LogP contribution in [0.3, 0.4) is 0 Å². The van der Waals surface area contributed by atoms with Gasteiger partial charge in [0.15, 0.2) is 5.75 Å². The summed E-state index contributed by atoms with van der Waals surface area (Å²) in [4.78, 5) is 1.77. The van der Waals surface area contributed by atoms with Gasteiger partial charge in [0.2, 0.25) is 0 Å². The van der Waals surface area contributed by atoms with Crippen LogP contribution in [0.4, 0.5) is 17.1 Å². The van der Waals surface area contributed by atoms with Gasteiger partial charge in [0.05, 0.1) is 17.1 Å². The smallest absolute Gasteiger partial charge is 0.151 e. The highest BCUT2D eigenvalue weighted by Gasteiger charge is 2.22. The molecule has 0 atom stereocenters. The molecule has 0 aliphatic heterocycles. The summed E-state index contributed by atoms with van der Waals surface area (Å²) in [5, 5.41) is 31.4. The van der Waals surface area contributed by atoms with Crippen molar-refractivity contribution < 1.29 is 20.1 Å². The fourth-order valence-electron chi connectivity index (χ4n) is 3.58. The molecule has 4 aromatic rings. The number of phenols is 3. The molecule has 0 radical (unpaired) electrons. The number of aromatic hydroxyl groups is 3. The zero-order chi connectivity index (χ0) is 22.8. The van der Waals surface area contributed by atoms with Crippen molar-refractivity contribution in [2.75, 3.05) is 4.90 Å². The summed E-state index contributed by atoms with van der Waals surface area (Å²) < 4.78 is 6.18. The summed E-state index contributed by atoms with van der Waals surface area (Å²) >= 11 is 0. The number of rotatable bonds is 5. The van der Waals surface area contributed by atoms with Gasteiger partial charge in [-0.05, 0) is 92.1 Å². The first-order valence-corrected chi connectivity index (χ1v) is 10.3. The quantitative estimate of drug-likeness (QED) is 0.320. The first-order chi connectivity index (χ1) is 15.3. The second-order valence-corrected chi connectivity index (χ2v) is 7.84. The first kappa shape index (κ1) is 21.1. The Morgan fingerprint density at radius 2 is 1.19 bits per heavy atom. The van der Waals surface area contributed by atoms with Gasteiger partial charge in [-0.15, -0.1) is 0 Å². The fourth-order valence-corrected chi connectivity index (χ4v) is 3.58. The number of hydrogen-bond acceptors (Lipinski definition) is 5. The average Bonchev–Trinajstić information content (AvgIpc) is 2.75. The Morgan fingerprint density at radius 1 is 0.594 bits per heavy atom. The summed E-state index contributed by atoms with van der Waals surface area (Å²) in [5.74, 6) is 1.45. The van der Waals surface area contributed by atoms with Gasteiger partial charge in [0.1, 0.15) is 23.0 Å². The lowest BCUT2D eigenvalue weighted by atomic mass is 10.1. The van der Waals surface area contributed by atoms with Crippen LogP contribution < -0.4 is 9.64 Å². The van der Waals surface area contributed by atoms with Gasteiger partial charge in [0, 0.05) is 0 Å². The van der Waals surface area contributed by atoms with Crippen LogP contribution in [0.5, 0.6) is 28.7 Å². The van der Waals surface area contributed by atoms with E-state index in [0.29, 0.717) is 34.1 Å². The van der Waals surface area contributed by atoms with Crippen LogP contribution in [0.25, 0.3) is 0 Å². The molecule has 4 rings (SSSR count). The third kappa shape index (κ3) is 4.18. The molecule has 5 nitrogen and oxygen atoms in total. The van der Waals surface area contributed by atoms with Gasteiger partial charge < -0.3 is 20.1 Å². The Kier molecular flexibility index (Phi) is 5.65. The second kappa shape index (κ2) is 8.55. The molecule has 0 aromatic heterocycles. The topological polar surface area (TPSA) is 73.2 Å². The molecular formula is C27H25NO4. The van der Waals surface area contributed by atoms with E-state index in [1.54, 1.807) is 42.2 Å².